The van der Waals surface area contributed by atoms with Crippen molar-refractivity contribution in [2.75, 3.05) is 18.1 Å². The largest absolute Gasteiger partial charge is 0.480 e. The molecule has 1 aliphatic heterocycles. The second-order valence-corrected chi connectivity index (χ2v) is 7.41. The first-order chi connectivity index (χ1) is 14.4. The van der Waals surface area contributed by atoms with Gasteiger partial charge >= 0.3 is 0 Å². The molecule has 0 saturated carbocycles. The molecule has 0 aliphatic carbocycles. The van der Waals surface area contributed by atoms with Gasteiger partial charge in [0, 0.05) is 30.3 Å². The fourth-order valence-corrected chi connectivity index (χ4v) is 3.42. The number of hydrogen-bond donors (Lipinski definition) is 3. The van der Waals surface area contributed by atoms with E-state index < -0.39 is 11.9 Å². The number of nitrogens with zero attached hydrogens (tertiary/aromatic N) is 2. The molecule has 2 heterocycles. The minimum atomic E-state index is -0.755. The highest BCUT2D eigenvalue weighted by atomic mass is 35.5. The molecule has 1 atom stereocenters. The van der Waals surface area contributed by atoms with Gasteiger partial charge in [-0.05, 0) is 30.3 Å². The van der Waals surface area contributed by atoms with Gasteiger partial charge in [-0.1, -0.05) is 29.3 Å². The molecule has 0 radical (unpaired) electrons. The smallest absolute Gasteiger partial charge is 0.261 e. The monoisotopic (exact) mass is 447 g/mol. The third-order valence-electron chi connectivity index (χ3n) is 4.60. The number of aromatic nitrogens is 2. The molecule has 1 unspecified atom stereocenters. The quantitative estimate of drug-likeness (QED) is 0.559. The normalized spacial score (nSPS) is 14.7. The fraction of sp³-hybridized carbons (Fsp3) is 0.150. The Kier molecular flexibility index (Phi) is 5.36. The first kappa shape index (κ1) is 20.2. The lowest BCUT2D eigenvalue weighted by Crippen LogP contribution is -2.34. The predicted octanol–water partition coefficient (Wildman–Crippen LogP) is 3.96. The zero-order valence-electron chi connectivity index (χ0n) is 15.7. The van der Waals surface area contributed by atoms with Crippen LogP contribution < -0.4 is 21.1 Å². The molecule has 0 fully saturated rings. The fourth-order valence-electron chi connectivity index (χ4n) is 3.12. The summed E-state index contributed by atoms with van der Waals surface area (Å²) in [6.45, 7) is 0. The highest BCUT2D eigenvalue weighted by Crippen LogP contribution is 2.33. The summed E-state index contributed by atoms with van der Waals surface area (Å²) in [7, 11) is 1.56. The molecule has 0 spiro atoms. The Labute approximate surface area is 181 Å². The molecule has 154 valence electrons. The maximum absolute atomic E-state index is 14.6. The van der Waals surface area contributed by atoms with Crippen molar-refractivity contribution in [1.82, 2.24) is 15.3 Å². The summed E-state index contributed by atoms with van der Waals surface area (Å²) >= 11 is 12.0. The van der Waals surface area contributed by atoms with E-state index in [-0.39, 0.29) is 28.4 Å². The van der Waals surface area contributed by atoms with Crippen molar-refractivity contribution in [3.63, 3.8) is 0 Å². The number of amides is 1. The van der Waals surface area contributed by atoms with Crippen LogP contribution in [-0.4, -0.2) is 29.0 Å². The van der Waals surface area contributed by atoms with Crippen LogP contribution in [0, 0.1) is 5.82 Å². The number of benzene rings is 2. The van der Waals surface area contributed by atoms with Gasteiger partial charge in [0.25, 0.3) is 5.91 Å². The number of nitrogens with one attached hydrogen (secondary N) is 2. The number of carbonyl (C=O) groups excluding carboxylic acids is 1. The minimum absolute atomic E-state index is 0.00672. The van der Waals surface area contributed by atoms with Gasteiger partial charge in [-0.3, -0.25) is 4.79 Å². The number of nitrogens with two attached hydrogens (primary N) is 1. The molecule has 0 saturated heterocycles. The summed E-state index contributed by atoms with van der Waals surface area (Å²) in [5.41, 5.74) is 7.65. The summed E-state index contributed by atoms with van der Waals surface area (Å²) in [6.07, 6.45) is -0.134. The summed E-state index contributed by atoms with van der Waals surface area (Å²) in [6, 6.07) is 9.95. The molecular weight excluding hydrogens is 432 g/mol. The van der Waals surface area contributed by atoms with Crippen molar-refractivity contribution < 1.29 is 13.9 Å². The number of likely N-dealkylation sites (N-methyl/N-ethyl adjacent to an activating group) is 1. The molecular formula is C20H16Cl2FN5O2. The van der Waals surface area contributed by atoms with Crippen molar-refractivity contribution >= 4 is 46.6 Å². The third kappa shape index (κ3) is 3.83. The van der Waals surface area contributed by atoms with E-state index in [2.05, 4.69) is 20.6 Å². The van der Waals surface area contributed by atoms with E-state index in [1.165, 1.54) is 6.07 Å². The van der Waals surface area contributed by atoms with Gasteiger partial charge in [-0.2, -0.15) is 4.98 Å². The minimum Gasteiger partial charge on any atom is -0.480 e. The van der Waals surface area contributed by atoms with Crippen molar-refractivity contribution in [1.29, 1.82) is 0 Å². The van der Waals surface area contributed by atoms with Crippen LogP contribution in [0.5, 0.6) is 5.75 Å². The van der Waals surface area contributed by atoms with Crippen molar-refractivity contribution in [3.8, 4) is 17.0 Å². The number of fused-ring (bicyclic) bond motifs is 1. The van der Waals surface area contributed by atoms with Crippen molar-refractivity contribution in [3.05, 3.63) is 57.8 Å². The number of halogens is 3. The predicted molar refractivity (Wildman–Crippen MR) is 114 cm³/mol. The summed E-state index contributed by atoms with van der Waals surface area (Å²) in [5, 5.41) is 6.19. The number of carbonyl (C=O) groups is 1. The molecule has 7 nitrogen and oxygen atoms in total. The van der Waals surface area contributed by atoms with Gasteiger partial charge in [-0.15, -0.1) is 0 Å². The third-order valence-corrected chi connectivity index (χ3v) is 5.34. The average Bonchev–Trinajstić information content (AvgIpc) is 3.15. The van der Waals surface area contributed by atoms with Gasteiger partial charge < -0.3 is 21.1 Å². The Morgan fingerprint density at radius 1 is 1.20 bits per heavy atom. The Hall–Kier alpha value is -3.10. The lowest BCUT2D eigenvalue weighted by Gasteiger charge is -2.11. The second kappa shape index (κ2) is 7.97. The average molecular weight is 448 g/mol. The molecule has 4 rings (SSSR count). The Bertz CT molecular complexity index is 1160. The maximum atomic E-state index is 14.6. The lowest BCUT2D eigenvalue weighted by atomic mass is 10.1. The number of hydrogen-bond acceptors (Lipinski definition) is 6. The van der Waals surface area contributed by atoms with Crippen LogP contribution in [0.1, 0.15) is 5.56 Å². The first-order valence-electron chi connectivity index (χ1n) is 8.92. The number of nitrogen functional groups attached to an aromatic ring is 1. The standard InChI is InChI=1S/C20H16Cl2FN5O2/c1-25-19(29)15-8-10-6-11(3-5-14(10)30-15)26-20-27-17(16(23)18(24)28-20)9-2-4-12(21)13(22)7-9/h2-7,15H,8H2,1H3,(H,25,29)(H3,24,26,27,28). The molecule has 10 heteroatoms. The Balaban J connectivity index is 1.63. The molecule has 1 aromatic heterocycles. The van der Waals surface area contributed by atoms with E-state index in [1.54, 1.807) is 31.3 Å². The topological polar surface area (TPSA) is 102 Å². The lowest BCUT2D eigenvalue weighted by molar-refractivity contribution is -0.126. The van der Waals surface area contributed by atoms with Gasteiger partial charge in [0.05, 0.1) is 10.0 Å². The summed E-state index contributed by atoms with van der Waals surface area (Å²) < 4.78 is 20.2. The highest BCUT2D eigenvalue weighted by molar-refractivity contribution is 6.42. The van der Waals surface area contributed by atoms with Crippen molar-refractivity contribution in [2.45, 2.75) is 12.5 Å². The molecule has 4 N–H and O–H groups in total. The first-order valence-corrected chi connectivity index (χ1v) is 9.68. The second-order valence-electron chi connectivity index (χ2n) is 6.60. The van der Waals surface area contributed by atoms with Crippen LogP contribution in [-0.2, 0) is 11.2 Å². The van der Waals surface area contributed by atoms with E-state index >= 15 is 0 Å². The Morgan fingerprint density at radius 2 is 2.00 bits per heavy atom. The number of anilines is 3. The number of ether oxygens (including phenoxy) is 1. The maximum Gasteiger partial charge on any atom is 0.261 e. The molecule has 1 aliphatic rings. The van der Waals surface area contributed by atoms with Gasteiger partial charge in [0.2, 0.25) is 5.95 Å². The van der Waals surface area contributed by atoms with Crippen molar-refractivity contribution in [2.24, 2.45) is 0 Å². The zero-order valence-corrected chi connectivity index (χ0v) is 17.2. The van der Waals surface area contributed by atoms with Crippen LogP contribution in [0.4, 0.5) is 21.8 Å². The van der Waals surface area contributed by atoms with Gasteiger partial charge in [0.1, 0.15) is 11.4 Å². The molecule has 3 aromatic rings. The Morgan fingerprint density at radius 3 is 2.73 bits per heavy atom. The van der Waals surface area contributed by atoms with Crippen LogP contribution in [0.3, 0.4) is 0 Å². The molecule has 2 aromatic carbocycles. The SMILES string of the molecule is CNC(=O)C1Cc2cc(Nc3nc(N)c(F)c(-c4ccc(Cl)c(Cl)c4)n3)ccc2O1. The molecule has 1 amide bonds. The molecule has 30 heavy (non-hydrogen) atoms. The number of rotatable bonds is 4. The zero-order chi connectivity index (χ0) is 21.4. The van der Waals surface area contributed by atoms with E-state index in [1.807, 2.05) is 6.07 Å². The summed E-state index contributed by atoms with van der Waals surface area (Å²) in [4.78, 5) is 20.0. The van der Waals surface area contributed by atoms with Gasteiger partial charge in [-0.25, -0.2) is 9.37 Å². The van der Waals surface area contributed by atoms with Crippen LogP contribution in [0.15, 0.2) is 36.4 Å². The molecule has 0 bridgehead atoms. The van der Waals surface area contributed by atoms with E-state index in [0.29, 0.717) is 28.4 Å². The van der Waals surface area contributed by atoms with Crippen LogP contribution in [0.25, 0.3) is 11.3 Å². The van der Waals surface area contributed by atoms with E-state index in [4.69, 9.17) is 33.7 Å². The van der Waals surface area contributed by atoms with E-state index in [9.17, 15) is 9.18 Å². The van der Waals surface area contributed by atoms with Crippen LogP contribution in [0.2, 0.25) is 10.0 Å². The summed E-state index contributed by atoms with van der Waals surface area (Å²) in [5.74, 6) is -0.518. The highest BCUT2D eigenvalue weighted by Gasteiger charge is 2.28. The van der Waals surface area contributed by atoms with Gasteiger partial charge in [0.15, 0.2) is 17.7 Å². The van der Waals surface area contributed by atoms with E-state index in [0.717, 1.165) is 5.56 Å². The van der Waals surface area contributed by atoms with Crippen LogP contribution >= 0.6 is 23.2 Å².